The second-order valence-corrected chi connectivity index (χ2v) is 8.14. The summed E-state index contributed by atoms with van der Waals surface area (Å²) >= 11 is 0. The molecule has 1 aliphatic heterocycles. The van der Waals surface area contributed by atoms with Crippen molar-refractivity contribution in [3.05, 3.63) is 82.4 Å². The van der Waals surface area contributed by atoms with Gasteiger partial charge in [-0.15, -0.1) is 0 Å². The van der Waals surface area contributed by atoms with Crippen molar-refractivity contribution in [1.82, 2.24) is 4.90 Å². The van der Waals surface area contributed by atoms with Crippen LogP contribution in [0.3, 0.4) is 0 Å². The Kier molecular flexibility index (Phi) is 13.2. The van der Waals surface area contributed by atoms with Crippen molar-refractivity contribution >= 4 is 5.91 Å². The molecular weight excluding hydrogens is 557 g/mol. The van der Waals surface area contributed by atoms with Crippen LogP contribution in [0.25, 0.3) is 0 Å². The van der Waals surface area contributed by atoms with Gasteiger partial charge < -0.3 is 14.4 Å². The van der Waals surface area contributed by atoms with Crippen LogP contribution in [0.15, 0.2) is 60.2 Å². The zero-order chi connectivity index (χ0) is 30.7. The summed E-state index contributed by atoms with van der Waals surface area (Å²) in [6.45, 7) is 6.45. The fourth-order valence-electron chi connectivity index (χ4n) is 3.12. The van der Waals surface area contributed by atoms with Crippen LogP contribution in [0.4, 0.5) is 39.5 Å². The Morgan fingerprint density at radius 1 is 0.925 bits per heavy atom. The van der Waals surface area contributed by atoms with Gasteiger partial charge in [0.15, 0.2) is 0 Å². The van der Waals surface area contributed by atoms with Crippen molar-refractivity contribution < 1.29 is 53.8 Å². The predicted molar refractivity (Wildman–Crippen MR) is 130 cm³/mol. The molecule has 0 spiro atoms. The molecule has 13 heteroatoms. The molecule has 4 nitrogen and oxygen atoms in total. The predicted octanol–water partition coefficient (Wildman–Crippen LogP) is 8.17. The summed E-state index contributed by atoms with van der Waals surface area (Å²) in [6, 6.07) is 10.2. The van der Waals surface area contributed by atoms with Crippen LogP contribution in [-0.2, 0) is 39.8 Å². The van der Waals surface area contributed by atoms with Crippen LogP contribution < -0.4 is 0 Å². The molecule has 2 aromatic rings. The van der Waals surface area contributed by atoms with Crippen molar-refractivity contribution in [1.29, 1.82) is 0 Å². The van der Waals surface area contributed by atoms with Gasteiger partial charge in [-0.3, -0.25) is 4.79 Å². The molecule has 1 fully saturated rings. The summed E-state index contributed by atoms with van der Waals surface area (Å²) in [4.78, 5) is 14.0. The number of rotatable bonds is 5. The summed E-state index contributed by atoms with van der Waals surface area (Å²) in [5, 5.41) is 0. The number of alkyl halides is 9. The lowest BCUT2D eigenvalue weighted by molar-refractivity contribution is -0.201. The van der Waals surface area contributed by atoms with Gasteiger partial charge >= 0.3 is 18.5 Å². The van der Waals surface area contributed by atoms with Crippen LogP contribution in [0.5, 0.6) is 0 Å². The molecule has 0 N–H and O–H groups in total. The molecular formula is C27H30F9NO3. The highest BCUT2D eigenvalue weighted by molar-refractivity contribution is 5.80. The Labute approximate surface area is 226 Å². The Bertz CT molecular complexity index is 1060. The monoisotopic (exact) mass is 587 g/mol. The third-order valence-electron chi connectivity index (χ3n) is 5.29. The topological polar surface area (TPSA) is 38.8 Å². The van der Waals surface area contributed by atoms with E-state index in [0.717, 1.165) is 18.6 Å². The minimum atomic E-state index is -4.96. The number of morpholine rings is 1. The molecule has 1 atom stereocenters. The lowest BCUT2D eigenvalue weighted by Crippen LogP contribution is -2.48. The molecule has 0 aromatic heterocycles. The molecule has 1 aliphatic rings. The SMILES string of the molecule is C/C=C(\C)C(F)(F)F.CC.O=C1[C@@H](OCc2cc(C(F)(F)F)cc(C(F)(F)F)c2)OCCN1Cc1ccccc1. The normalized spacial score (nSPS) is 16.5. The van der Waals surface area contributed by atoms with Gasteiger partial charge in [-0.2, -0.15) is 39.5 Å². The first kappa shape index (κ1) is 35.0. The molecule has 224 valence electrons. The quantitative estimate of drug-likeness (QED) is 0.262. The second kappa shape index (κ2) is 15.1. The Hall–Kier alpha value is -3.06. The zero-order valence-corrected chi connectivity index (χ0v) is 22.2. The minimum Gasteiger partial charge on any atom is -0.343 e. The highest BCUT2D eigenvalue weighted by Gasteiger charge is 2.37. The number of allylic oxidation sites excluding steroid dienone is 2. The highest BCUT2D eigenvalue weighted by Crippen LogP contribution is 2.36. The largest absolute Gasteiger partial charge is 0.416 e. The van der Waals surface area contributed by atoms with Crippen molar-refractivity contribution in [2.75, 3.05) is 13.2 Å². The van der Waals surface area contributed by atoms with E-state index in [2.05, 4.69) is 0 Å². The fourth-order valence-corrected chi connectivity index (χ4v) is 3.12. The third kappa shape index (κ3) is 11.2. The number of benzene rings is 2. The van der Waals surface area contributed by atoms with E-state index in [1.54, 1.807) is 12.1 Å². The molecule has 1 heterocycles. The van der Waals surface area contributed by atoms with E-state index < -0.39 is 54.0 Å². The number of carbonyl (C=O) groups is 1. The first-order valence-electron chi connectivity index (χ1n) is 12.1. The average molecular weight is 588 g/mol. The van der Waals surface area contributed by atoms with Crippen molar-refractivity contribution in [3.8, 4) is 0 Å². The molecule has 1 saturated heterocycles. The van der Waals surface area contributed by atoms with Gasteiger partial charge in [-0.25, -0.2) is 0 Å². The van der Waals surface area contributed by atoms with E-state index >= 15 is 0 Å². The Morgan fingerprint density at radius 3 is 1.88 bits per heavy atom. The van der Waals surface area contributed by atoms with Gasteiger partial charge in [0.2, 0.25) is 6.29 Å². The number of nitrogens with zero attached hydrogens (tertiary/aromatic N) is 1. The van der Waals surface area contributed by atoms with E-state index in [-0.39, 0.29) is 31.3 Å². The standard InChI is InChI=1S/C20H17F6NO3.C5H7F3.C2H6/c21-19(22,23)15-8-14(9-16(10-15)20(24,25)26)12-30-18-17(28)27(6-7-29-18)11-13-4-2-1-3-5-13;1-3-4(2)5(6,7)8;1-2/h1-5,8-10,18H,6-7,11-12H2;3H,1-2H3;1-2H3/b;4-3+;/t18-;;/m1../s1. The number of ether oxygens (including phenoxy) is 2. The average Bonchev–Trinajstić information content (AvgIpc) is 2.89. The van der Waals surface area contributed by atoms with Gasteiger partial charge in [-0.1, -0.05) is 50.3 Å². The molecule has 3 rings (SSSR count). The number of hydrogen-bond donors (Lipinski definition) is 0. The summed E-state index contributed by atoms with van der Waals surface area (Å²) < 4.78 is 122. The van der Waals surface area contributed by atoms with Gasteiger partial charge in [-0.05, 0) is 43.2 Å². The number of hydrogen-bond acceptors (Lipinski definition) is 3. The maximum Gasteiger partial charge on any atom is 0.416 e. The van der Waals surface area contributed by atoms with E-state index in [0.29, 0.717) is 12.1 Å². The van der Waals surface area contributed by atoms with Crippen LogP contribution in [-0.4, -0.2) is 36.4 Å². The van der Waals surface area contributed by atoms with Crippen LogP contribution >= 0.6 is 0 Å². The van der Waals surface area contributed by atoms with Crippen molar-refractivity contribution in [2.45, 2.75) is 65.7 Å². The number of carbonyl (C=O) groups excluding carboxylic acids is 1. The fraction of sp³-hybridized carbons (Fsp3) is 0.444. The van der Waals surface area contributed by atoms with Gasteiger partial charge in [0, 0.05) is 18.7 Å². The van der Waals surface area contributed by atoms with E-state index in [1.807, 2.05) is 32.0 Å². The van der Waals surface area contributed by atoms with Crippen molar-refractivity contribution in [2.24, 2.45) is 0 Å². The lowest BCUT2D eigenvalue weighted by Gasteiger charge is -2.32. The van der Waals surface area contributed by atoms with Crippen LogP contribution in [0.2, 0.25) is 0 Å². The van der Waals surface area contributed by atoms with Crippen LogP contribution in [0.1, 0.15) is 49.9 Å². The maximum atomic E-state index is 13.0. The zero-order valence-electron chi connectivity index (χ0n) is 22.2. The second-order valence-electron chi connectivity index (χ2n) is 8.14. The first-order valence-corrected chi connectivity index (χ1v) is 12.1. The van der Waals surface area contributed by atoms with Crippen LogP contribution in [0, 0.1) is 0 Å². The molecule has 1 amide bonds. The summed E-state index contributed by atoms with van der Waals surface area (Å²) in [6.07, 6.45) is -14.4. The molecule has 0 radical (unpaired) electrons. The third-order valence-corrected chi connectivity index (χ3v) is 5.29. The van der Waals surface area contributed by atoms with Gasteiger partial charge in [0.25, 0.3) is 5.91 Å². The molecule has 2 aromatic carbocycles. The number of amides is 1. The molecule has 0 saturated carbocycles. The summed E-state index contributed by atoms with van der Waals surface area (Å²) in [5.41, 5.74) is -2.94. The highest BCUT2D eigenvalue weighted by atomic mass is 19.4. The van der Waals surface area contributed by atoms with E-state index in [1.165, 1.54) is 11.8 Å². The Morgan fingerprint density at radius 2 is 1.45 bits per heavy atom. The summed E-state index contributed by atoms with van der Waals surface area (Å²) in [5.74, 6) is -0.548. The van der Waals surface area contributed by atoms with E-state index in [4.69, 9.17) is 9.47 Å². The van der Waals surface area contributed by atoms with Gasteiger partial charge in [0.1, 0.15) is 0 Å². The first-order chi connectivity index (χ1) is 18.5. The van der Waals surface area contributed by atoms with E-state index in [9.17, 15) is 44.3 Å². The smallest absolute Gasteiger partial charge is 0.343 e. The molecule has 0 bridgehead atoms. The summed E-state index contributed by atoms with van der Waals surface area (Å²) in [7, 11) is 0. The molecule has 0 aliphatic carbocycles. The lowest BCUT2D eigenvalue weighted by atomic mass is 10.1. The minimum absolute atomic E-state index is 0.0351. The van der Waals surface area contributed by atoms with Gasteiger partial charge in [0.05, 0.1) is 24.3 Å². The number of halogens is 9. The Balaban J connectivity index is 0.000000689. The van der Waals surface area contributed by atoms with Crippen molar-refractivity contribution in [3.63, 3.8) is 0 Å². The molecule has 40 heavy (non-hydrogen) atoms. The maximum absolute atomic E-state index is 13.0. The molecule has 0 unspecified atom stereocenters.